The van der Waals surface area contributed by atoms with Gasteiger partial charge in [-0.2, -0.15) is 0 Å². The molecule has 1 aliphatic heterocycles. The van der Waals surface area contributed by atoms with E-state index in [0.29, 0.717) is 5.69 Å². The monoisotopic (exact) mass is 313 g/mol. The van der Waals surface area contributed by atoms with E-state index in [0.717, 1.165) is 38.3 Å². The Morgan fingerprint density at radius 3 is 2.71 bits per heavy atom. The number of rotatable bonds is 4. The number of benzene rings is 1. The molecule has 1 heterocycles. The third-order valence-electron chi connectivity index (χ3n) is 3.88. The molecule has 1 saturated heterocycles. The Labute approximate surface area is 123 Å². The second-order valence-electron chi connectivity index (χ2n) is 5.20. The minimum absolute atomic E-state index is 0.207. The first-order valence-electron chi connectivity index (χ1n) is 6.92. The molecule has 2 rings (SSSR count). The summed E-state index contributed by atoms with van der Waals surface area (Å²) in [7, 11) is -3.95. The molecule has 1 atom stereocenters. The summed E-state index contributed by atoms with van der Waals surface area (Å²) < 4.78 is 22.7. The van der Waals surface area contributed by atoms with E-state index < -0.39 is 14.9 Å². The van der Waals surface area contributed by atoms with Crippen LogP contribution in [0.25, 0.3) is 0 Å². The summed E-state index contributed by atoms with van der Waals surface area (Å²) >= 11 is 0. The zero-order valence-electron chi connectivity index (χ0n) is 11.9. The molecule has 7 nitrogen and oxygen atoms in total. The minimum Gasteiger partial charge on any atom is -0.363 e. The van der Waals surface area contributed by atoms with Gasteiger partial charge in [0.15, 0.2) is 0 Å². The minimum atomic E-state index is -3.95. The molecule has 0 amide bonds. The molecule has 0 radical (unpaired) electrons. The van der Waals surface area contributed by atoms with Crippen LogP contribution in [0.3, 0.4) is 0 Å². The molecule has 1 fully saturated rings. The van der Waals surface area contributed by atoms with E-state index >= 15 is 0 Å². The van der Waals surface area contributed by atoms with Gasteiger partial charge in [-0.25, -0.2) is 13.6 Å². The molecule has 0 aromatic heterocycles. The third-order valence-corrected chi connectivity index (χ3v) is 4.79. The predicted molar refractivity (Wildman–Crippen MR) is 79.7 cm³/mol. The van der Waals surface area contributed by atoms with E-state index in [-0.39, 0.29) is 16.6 Å². The number of sulfonamides is 1. The van der Waals surface area contributed by atoms with Gasteiger partial charge in [-0.05, 0) is 37.8 Å². The number of primary sulfonamides is 1. The molecule has 2 N–H and O–H groups in total. The smallest absolute Gasteiger partial charge is 0.293 e. The van der Waals surface area contributed by atoms with E-state index in [1.165, 1.54) is 12.1 Å². The van der Waals surface area contributed by atoms with E-state index in [1.807, 2.05) is 11.8 Å². The standard InChI is InChI=1S/C13H19N3O4S/c1-2-10-5-3-4-8-15(10)12-7-6-11(21(14,19)20)9-13(12)16(17)18/h6-7,9-10H,2-5,8H2,1H3,(H2,14,19,20). The fourth-order valence-electron chi connectivity index (χ4n) is 2.81. The van der Waals surface area contributed by atoms with E-state index in [2.05, 4.69) is 0 Å². The quantitative estimate of drug-likeness (QED) is 0.676. The van der Waals surface area contributed by atoms with Crippen LogP contribution < -0.4 is 10.0 Å². The Kier molecular flexibility index (Phi) is 4.48. The Morgan fingerprint density at radius 1 is 1.43 bits per heavy atom. The van der Waals surface area contributed by atoms with Gasteiger partial charge in [-0.15, -0.1) is 0 Å². The van der Waals surface area contributed by atoms with Crippen LogP contribution in [0.4, 0.5) is 11.4 Å². The molecule has 0 saturated carbocycles. The fraction of sp³-hybridized carbons (Fsp3) is 0.538. The first-order valence-corrected chi connectivity index (χ1v) is 8.47. The first-order chi connectivity index (χ1) is 9.84. The van der Waals surface area contributed by atoms with Crippen molar-refractivity contribution < 1.29 is 13.3 Å². The Bertz CT molecular complexity index is 645. The van der Waals surface area contributed by atoms with Crippen molar-refractivity contribution in [3.8, 4) is 0 Å². The molecule has 8 heteroatoms. The first kappa shape index (κ1) is 15.7. The van der Waals surface area contributed by atoms with Crippen LogP contribution in [0.15, 0.2) is 23.1 Å². The SMILES string of the molecule is CCC1CCCCN1c1ccc(S(N)(=O)=O)cc1[N+](=O)[O-]. The van der Waals surface area contributed by atoms with Crippen molar-refractivity contribution >= 4 is 21.4 Å². The molecule has 0 bridgehead atoms. The second kappa shape index (κ2) is 5.98. The number of piperidine rings is 1. The van der Waals surface area contributed by atoms with Crippen molar-refractivity contribution in [2.24, 2.45) is 5.14 Å². The lowest BCUT2D eigenvalue weighted by molar-refractivity contribution is -0.384. The molecule has 1 aromatic carbocycles. The zero-order chi connectivity index (χ0) is 15.6. The summed E-state index contributed by atoms with van der Waals surface area (Å²) in [6, 6.07) is 4.12. The third kappa shape index (κ3) is 3.33. The van der Waals surface area contributed by atoms with Crippen LogP contribution in [0.5, 0.6) is 0 Å². The lowest BCUT2D eigenvalue weighted by atomic mass is 9.99. The number of nitro benzene ring substituents is 1. The number of hydrogen-bond acceptors (Lipinski definition) is 5. The maximum Gasteiger partial charge on any atom is 0.293 e. The average molecular weight is 313 g/mol. The number of nitrogens with zero attached hydrogens (tertiary/aromatic N) is 2. The number of anilines is 1. The molecule has 1 unspecified atom stereocenters. The molecular formula is C13H19N3O4S. The lowest BCUT2D eigenvalue weighted by Gasteiger charge is -2.36. The number of nitro groups is 1. The van der Waals surface area contributed by atoms with E-state index in [1.54, 1.807) is 0 Å². The highest BCUT2D eigenvalue weighted by Crippen LogP contribution is 2.35. The molecule has 0 spiro atoms. The molecule has 21 heavy (non-hydrogen) atoms. The second-order valence-corrected chi connectivity index (χ2v) is 6.77. The van der Waals surface area contributed by atoms with Crippen LogP contribution in [0.1, 0.15) is 32.6 Å². The summed E-state index contributed by atoms with van der Waals surface area (Å²) in [5, 5.41) is 16.3. The largest absolute Gasteiger partial charge is 0.363 e. The van der Waals surface area contributed by atoms with Gasteiger partial charge < -0.3 is 4.90 Å². The number of hydrogen-bond donors (Lipinski definition) is 1. The predicted octanol–water partition coefficient (Wildman–Crippen LogP) is 2.01. The van der Waals surface area contributed by atoms with Crippen LogP contribution in [-0.2, 0) is 10.0 Å². The van der Waals surface area contributed by atoms with Crippen LogP contribution in [-0.4, -0.2) is 25.9 Å². The molecule has 1 aliphatic rings. The number of nitrogens with two attached hydrogens (primary N) is 1. The molecule has 0 aliphatic carbocycles. The Morgan fingerprint density at radius 2 is 2.14 bits per heavy atom. The van der Waals surface area contributed by atoms with Crippen LogP contribution in [0, 0.1) is 10.1 Å². The van der Waals surface area contributed by atoms with Gasteiger partial charge in [0.1, 0.15) is 5.69 Å². The van der Waals surface area contributed by atoms with Gasteiger partial charge in [0.25, 0.3) is 5.69 Å². The van der Waals surface area contributed by atoms with Crippen molar-refractivity contribution in [3.05, 3.63) is 28.3 Å². The summed E-state index contributed by atoms with van der Waals surface area (Å²) in [6.45, 7) is 2.79. The van der Waals surface area contributed by atoms with Gasteiger partial charge in [-0.3, -0.25) is 10.1 Å². The van der Waals surface area contributed by atoms with Crippen molar-refractivity contribution in [2.75, 3.05) is 11.4 Å². The van der Waals surface area contributed by atoms with Crippen molar-refractivity contribution in [1.29, 1.82) is 0 Å². The average Bonchev–Trinajstić information content (AvgIpc) is 2.45. The summed E-state index contributed by atoms with van der Waals surface area (Å²) in [5.41, 5.74) is 0.265. The van der Waals surface area contributed by atoms with Crippen molar-refractivity contribution in [2.45, 2.75) is 43.5 Å². The molecule has 116 valence electrons. The van der Waals surface area contributed by atoms with E-state index in [4.69, 9.17) is 5.14 Å². The van der Waals surface area contributed by atoms with Gasteiger partial charge in [0.2, 0.25) is 10.0 Å². The van der Waals surface area contributed by atoms with E-state index in [9.17, 15) is 18.5 Å². The zero-order valence-corrected chi connectivity index (χ0v) is 12.7. The Hall–Kier alpha value is -1.67. The lowest BCUT2D eigenvalue weighted by Crippen LogP contribution is -2.39. The Balaban J connectivity index is 2.50. The summed E-state index contributed by atoms with van der Waals surface area (Å²) in [5.74, 6) is 0. The highest BCUT2D eigenvalue weighted by Gasteiger charge is 2.28. The van der Waals surface area contributed by atoms with Crippen LogP contribution in [0.2, 0.25) is 0 Å². The highest BCUT2D eigenvalue weighted by molar-refractivity contribution is 7.89. The van der Waals surface area contributed by atoms with Crippen molar-refractivity contribution in [3.63, 3.8) is 0 Å². The van der Waals surface area contributed by atoms with Gasteiger partial charge in [-0.1, -0.05) is 6.92 Å². The van der Waals surface area contributed by atoms with Crippen LogP contribution >= 0.6 is 0 Å². The van der Waals surface area contributed by atoms with Gasteiger partial charge in [0, 0.05) is 18.7 Å². The fourth-order valence-corrected chi connectivity index (χ4v) is 3.35. The van der Waals surface area contributed by atoms with Crippen molar-refractivity contribution in [1.82, 2.24) is 0 Å². The molecular weight excluding hydrogens is 294 g/mol. The highest BCUT2D eigenvalue weighted by atomic mass is 32.2. The summed E-state index contributed by atoms with van der Waals surface area (Å²) in [6.07, 6.45) is 3.97. The van der Waals surface area contributed by atoms with Gasteiger partial charge >= 0.3 is 0 Å². The normalized spacial score (nSPS) is 19.5. The van der Waals surface area contributed by atoms with Gasteiger partial charge in [0.05, 0.1) is 9.82 Å². The summed E-state index contributed by atoms with van der Waals surface area (Å²) in [4.78, 5) is 12.5. The topological polar surface area (TPSA) is 107 Å². The molecule has 1 aromatic rings. The maximum atomic E-state index is 11.4. The maximum absolute atomic E-state index is 11.4.